The SMILES string of the molecule is CC(C)COc1ccc(CN2C(=O)OC3(CCN(C4CCCC4)CC3)C2Cc2ccc(F)cc2)cc1. The number of halogens is 1. The monoisotopic (exact) mass is 494 g/mol. The minimum Gasteiger partial charge on any atom is -0.493 e. The topological polar surface area (TPSA) is 42.0 Å². The van der Waals surface area contributed by atoms with Gasteiger partial charge in [-0.25, -0.2) is 9.18 Å². The number of ether oxygens (including phenoxy) is 2. The Bertz CT molecular complexity index is 1010. The fourth-order valence-electron chi connectivity index (χ4n) is 6.15. The minimum absolute atomic E-state index is 0.0851. The van der Waals surface area contributed by atoms with E-state index in [2.05, 4.69) is 18.7 Å². The Morgan fingerprint density at radius 2 is 1.64 bits per heavy atom. The molecule has 1 atom stereocenters. The first-order valence-electron chi connectivity index (χ1n) is 13.6. The molecule has 36 heavy (non-hydrogen) atoms. The third kappa shape index (κ3) is 5.54. The number of hydrogen-bond acceptors (Lipinski definition) is 4. The smallest absolute Gasteiger partial charge is 0.411 e. The molecule has 0 aromatic heterocycles. The van der Waals surface area contributed by atoms with E-state index in [-0.39, 0.29) is 18.0 Å². The zero-order valence-electron chi connectivity index (χ0n) is 21.6. The van der Waals surface area contributed by atoms with Crippen molar-refractivity contribution in [2.24, 2.45) is 5.92 Å². The molecule has 0 radical (unpaired) electrons. The van der Waals surface area contributed by atoms with Crippen molar-refractivity contribution in [3.05, 3.63) is 65.5 Å². The lowest BCUT2D eigenvalue weighted by atomic mass is 9.80. The Hall–Kier alpha value is -2.60. The molecule has 0 bridgehead atoms. The zero-order chi connectivity index (χ0) is 25.1. The first-order valence-corrected chi connectivity index (χ1v) is 13.6. The molecule has 0 N–H and O–H groups in total. The number of carbonyl (C=O) groups excluding carboxylic acids is 1. The summed E-state index contributed by atoms with van der Waals surface area (Å²) in [5, 5.41) is 0. The van der Waals surface area contributed by atoms with Gasteiger partial charge in [0, 0.05) is 38.5 Å². The van der Waals surface area contributed by atoms with Gasteiger partial charge in [0.05, 0.1) is 12.6 Å². The van der Waals surface area contributed by atoms with Gasteiger partial charge < -0.3 is 14.4 Å². The molecule has 2 saturated heterocycles. The van der Waals surface area contributed by atoms with Crippen LogP contribution < -0.4 is 4.74 Å². The largest absolute Gasteiger partial charge is 0.493 e. The molecule has 2 aromatic rings. The van der Waals surface area contributed by atoms with E-state index in [1.807, 2.05) is 41.3 Å². The van der Waals surface area contributed by atoms with E-state index in [4.69, 9.17) is 9.47 Å². The van der Waals surface area contributed by atoms with Crippen molar-refractivity contribution >= 4 is 6.09 Å². The number of likely N-dealkylation sites (tertiary alicyclic amines) is 1. The van der Waals surface area contributed by atoms with Crippen molar-refractivity contribution in [3.8, 4) is 5.75 Å². The summed E-state index contributed by atoms with van der Waals surface area (Å²) >= 11 is 0. The van der Waals surface area contributed by atoms with Crippen LogP contribution in [0.3, 0.4) is 0 Å². The number of piperidine rings is 1. The Kier molecular flexibility index (Phi) is 7.52. The lowest BCUT2D eigenvalue weighted by Gasteiger charge is -2.43. The first-order chi connectivity index (χ1) is 17.4. The molecular weight excluding hydrogens is 455 g/mol. The first kappa shape index (κ1) is 25.1. The van der Waals surface area contributed by atoms with E-state index in [1.54, 1.807) is 0 Å². The van der Waals surface area contributed by atoms with Crippen LogP contribution in [0.25, 0.3) is 0 Å². The highest BCUT2D eigenvalue weighted by Gasteiger charge is 2.55. The summed E-state index contributed by atoms with van der Waals surface area (Å²) in [5.41, 5.74) is 1.58. The standard InChI is InChI=1S/C30H39FN2O3/c1-22(2)21-35-27-13-9-24(10-14-27)20-33-28(19-23-7-11-25(31)12-8-23)30(36-29(33)34)15-17-32(18-16-30)26-5-3-4-6-26/h7-14,22,26,28H,3-6,15-21H2,1-2H3. The van der Waals surface area contributed by atoms with Crippen LogP contribution in [0.2, 0.25) is 0 Å². The highest BCUT2D eigenvalue weighted by molar-refractivity contribution is 5.72. The van der Waals surface area contributed by atoms with Crippen LogP contribution in [0.1, 0.15) is 63.5 Å². The number of carbonyl (C=O) groups is 1. The van der Waals surface area contributed by atoms with Crippen LogP contribution in [0.5, 0.6) is 5.75 Å². The van der Waals surface area contributed by atoms with Crippen LogP contribution in [-0.2, 0) is 17.7 Å². The highest BCUT2D eigenvalue weighted by atomic mass is 19.1. The molecular formula is C30H39FN2O3. The van der Waals surface area contributed by atoms with Gasteiger partial charge in [0.2, 0.25) is 0 Å². The summed E-state index contributed by atoms with van der Waals surface area (Å²) in [6.07, 6.45) is 7.33. The highest BCUT2D eigenvalue weighted by Crippen LogP contribution is 2.42. The maximum Gasteiger partial charge on any atom is 0.411 e. The second-order valence-electron chi connectivity index (χ2n) is 11.2. The second-order valence-corrected chi connectivity index (χ2v) is 11.2. The summed E-state index contributed by atoms with van der Waals surface area (Å²) in [6, 6.07) is 15.3. The van der Waals surface area contributed by atoms with E-state index in [0.717, 1.165) is 42.8 Å². The molecule has 1 saturated carbocycles. The van der Waals surface area contributed by atoms with Crippen LogP contribution in [-0.4, -0.2) is 53.3 Å². The number of hydrogen-bond donors (Lipinski definition) is 0. The van der Waals surface area contributed by atoms with Crippen molar-refractivity contribution in [2.45, 2.75) is 83.0 Å². The Morgan fingerprint density at radius 3 is 2.28 bits per heavy atom. The van der Waals surface area contributed by atoms with Crippen LogP contribution >= 0.6 is 0 Å². The quantitative estimate of drug-likeness (QED) is 0.438. The van der Waals surface area contributed by atoms with Crippen molar-refractivity contribution in [3.63, 3.8) is 0 Å². The Balaban J connectivity index is 1.34. The van der Waals surface area contributed by atoms with Crippen LogP contribution in [0, 0.1) is 11.7 Å². The number of benzene rings is 2. The molecule has 5 rings (SSSR count). The average molecular weight is 495 g/mol. The normalized spacial score (nSPS) is 22.5. The summed E-state index contributed by atoms with van der Waals surface area (Å²) in [7, 11) is 0. The van der Waals surface area contributed by atoms with E-state index in [9.17, 15) is 9.18 Å². The van der Waals surface area contributed by atoms with Gasteiger partial charge in [-0.2, -0.15) is 0 Å². The van der Waals surface area contributed by atoms with E-state index in [1.165, 1.54) is 37.8 Å². The molecule has 1 unspecified atom stereocenters. The van der Waals surface area contributed by atoms with Gasteiger partial charge in [0.15, 0.2) is 0 Å². The molecule has 194 valence electrons. The molecule has 2 heterocycles. The molecule has 1 spiro atoms. The molecule has 2 aromatic carbocycles. The summed E-state index contributed by atoms with van der Waals surface area (Å²) < 4.78 is 25.7. The maximum atomic E-state index is 13.6. The van der Waals surface area contributed by atoms with Gasteiger partial charge in [0.1, 0.15) is 17.2 Å². The fourth-order valence-corrected chi connectivity index (χ4v) is 6.15. The molecule has 3 aliphatic rings. The zero-order valence-corrected chi connectivity index (χ0v) is 21.6. The second kappa shape index (κ2) is 10.8. The van der Waals surface area contributed by atoms with Crippen molar-refractivity contribution in [2.75, 3.05) is 19.7 Å². The summed E-state index contributed by atoms with van der Waals surface area (Å²) in [4.78, 5) is 17.8. The van der Waals surface area contributed by atoms with Crippen molar-refractivity contribution in [1.82, 2.24) is 9.80 Å². The van der Waals surface area contributed by atoms with Crippen molar-refractivity contribution < 1.29 is 18.7 Å². The van der Waals surface area contributed by atoms with Gasteiger partial charge in [-0.3, -0.25) is 4.90 Å². The number of rotatable bonds is 8. The molecule has 5 nitrogen and oxygen atoms in total. The van der Waals surface area contributed by atoms with E-state index < -0.39 is 5.60 Å². The molecule has 1 amide bonds. The van der Waals surface area contributed by atoms with E-state index in [0.29, 0.717) is 31.5 Å². The molecule has 1 aliphatic carbocycles. The fraction of sp³-hybridized carbons (Fsp3) is 0.567. The van der Waals surface area contributed by atoms with Gasteiger partial charge in [-0.05, 0) is 60.6 Å². The number of nitrogens with zero attached hydrogens (tertiary/aromatic N) is 2. The van der Waals surface area contributed by atoms with Gasteiger partial charge in [0.25, 0.3) is 0 Å². The maximum absolute atomic E-state index is 13.6. The van der Waals surface area contributed by atoms with Gasteiger partial charge in [-0.1, -0.05) is 51.0 Å². The predicted molar refractivity (Wildman–Crippen MR) is 138 cm³/mol. The molecule has 3 fully saturated rings. The summed E-state index contributed by atoms with van der Waals surface area (Å²) in [5.74, 6) is 1.07. The van der Waals surface area contributed by atoms with Crippen LogP contribution in [0.4, 0.5) is 9.18 Å². The minimum atomic E-state index is -0.499. The van der Waals surface area contributed by atoms with Crippen LogP contribution in [0.15, 0.2) is 48.5 Å². The Morgan fingerprint density at radius 1 is 1.00 bits per heavy atom. The lowest BCUT2D eigenvalue weighted by Crippen LogP contribution is -2.54. The third-order valence-corrected chi connectivity index (χ3v) is 8.20. The predicted octanol–water partition coefficient (Wildman–Crippen LogP) is 6.20. The average Bonchev–Trinajstić information content (AvgIpc) is 3.49. The third-order valence-electron chi connectivity index (χ3n) is 8.20. The summed E-state index contributed by atoms with van der Waals surface area (Å²) in [6.45, 7) is 7.35. The molecule has 2 aliphatic heterocycles. The molecule has 6 heteroatoms. The van der Waals surface area contributed by atoms with Gasteiger partial charge in [-0.15, -0.1) is 0 Å². The number of amides is 1. The lowest BCUT2D eigenvalue weighted by molar-refractivity contribution is -0.0304. The Labute approximate surface area is 214 Å². The van der Waals surface area contributed by atoms with E-state index >= 15 is 0 Å². The van der Waals surface area contributed by atoms with Crippen molar-refractivity contribution in [1.29, 1.82) is 0 Å². The van der Waals surface area contributed by atoms with Gasteiger partial charge >= 0.3 is 6.09 Å².